The van der Waals surface area contributed by atoms with Gasteiger partial charge in [0.2, 0.25) is 5.92 Å². The number of thiophene rings is 1. The van der Waals surface area contributed by atoms with Gasteiger partial charge in [0, 0.05) is 40.4 Å². The highest BCUT2D eigenvalue weighted by Crippen LogP contribution is 2.41. The summed E-state index contributed by atoms with van der Waals surface area (Å²) in [5.41, 5.74) is 0.864. The SMILES string of the molecule is Cc1ccc(CN(CCC(=O)O)c2nc(C3CCC(F)(F)CC3)cs2)s1. The molecule has 1 aliphatic carbocycles. The van der Waals surface area contributed by atoms with Crippen molar-refractivity contribution in [2.75, 3.05) is 11.4 Å². The van der Waals surface area contributed by atoms with Gasteiger partial charge in [-0.3, -0.25) is 4.79 Å². The van der Waals surface area contributed by atoms with E-state index >= 15 is 0 Å². The van der Waals surface area contributed by atoms with Crippen molar-refractivity contribution in [2.45, 2.75) is 57.4 Å². The van der Waals surface area contributed by atoms with Gasteiger partial charge in [-0.15, -0.1) is 22.7 Å². The number of thiazole rings is 1. The van der Waals surface area contributed by atoms with Crippen molar-refractivity contribution in [2.24, 2.45) is 0 Å². The number of anilines is 1. The van der Waals surface area contributed by atoms with Crippen molar-refractivity contribution in [1.29, 1.82) is 0 Å². The highest BCUT2D eigenvalue weighted by atomic mass is 32.1. The van der Waals surface area contributed by atoms with Crippen molar-refractivity contribution in [3.8, 4) is 0 Å². The third-order valence-corrected chi connectivity index (χ3v) is 6.56. The summed E-state index contributed by atoms with van der Waals surface area (Å²) in [6.07, 6.45) is 0.781. The van der Waals surface area contributed by atoms with E-state index in [1.54, 1.807) is 11.3 Å². The number of aromatic nitrogens is 1. The van der Waals surface area contributed by atoms with E-state index < -0.39 is 11.9 Å². The average molecular weight is 401 g/mol. The van der Waals surface area contributed by atoms with Crippen molar-refractivity contribution >= 4 is 33.8 Å². The van der Waals surface area contributed by atoms with E-state index in [0.717, 1.165) is 15.7 Å². The van der Waals surface area contributed by atoms with Gasteiger partial charge in [-0.05, 0) is 31.9 Å². The standard InChI is InChI=1S/C18H22F2N2O2S2/c1-12-2-3-14(26-12)10-22(9-6-16(23)24)17-21-15(11-25-17)13-4-7-18(19,20)8-5-13/h2-3,11,13H,4-10H2,1H3,(H,23,24). The first-order valence-electron chi connectivity index (χ1n) is 8.68. The van der Waals surface area contributed by atoms with Gasteiger partial charge >= 0.3 is 5.97 Å². The molecule has 0 spiro atoms. The molecule has 0 aliphatic heterocycles. The molecule has 1 fully saturated rings. The third kappa shape index (κ3) is 5.01. The van der Waals surface area contributed by atoms with Crippen LogP contribution in [0.1, 0.15) is 53.5 Å². The molecule has 2 aromatic heterocycles. The second-order valence-electron chi connectivity index (χ2n) is 6.76. The van der Waals surface area contributed by atoms with E-state index in [1.807, 2.05) is 29.3 Å². The van der Waals surface area contributed by atoms with Crippen LogP contribution in [0, 0.1) is 6.92 Å². The van der Waals surface area contributed by atoms with Crippen LogP contribution in [-0.4, -0.2) is 28.5 Å². The van der Waals surface area contributed by atoms with Crippen LogP contribution in [0.15, 0.2) is 17.5 Å². The lowest BCUT2D eigenvalue weighted by Gasteiger charge is -2.27. The number of carboxylic acids is 1. The van der Waals surface area contributed by atoms with Crippen molar-refractivity contribution < 1.29 is 18.7 Å². The number of rotatable bonds is 7. The maximum absolute atomic E-state index is 13.4. The van der Waals surface area contributed by atoms with Gasteiger partial charge in [0.15, 0.2) is 5.13 Å². The summed E-state index contributed by atoms with van der Waals surface area (Å²) >= 11 is 3.15. The lowest BCUT2D eigenvalue weighted by atomic mass is 9.85. The fourth-order valence-electron chi connectivity index (χ4n) is 3.18. The van der Waals surface area contributed by atoms with E-state index in [1.165, 1.54) is 16.2 Å². The molecule has 0 bridgehead atoms. The number of aliphatic carboxylic acids is 1. The molecule has 4 nitrogen and oxygen atoms in total. The van der Waals surface area contributed by atoms with Gasteiger partial charge in [0.05, 0.1) is 18.7 Å². The van der Waals surface area contributed by atoms with Gasteiger partial charge < -0.3 is 10.0 Å². The molecule has 0 saturated heterocycles. The summed E-state index contributed by atoms with van der Waals surface area (Å²) in [5.74, 6) is -3.31. The Kier molecular flexibility index (Phi) is 5.92. The van der Waals surface area contributed by atoms with Crippen molar-refractivity contribution in [3.05, 3.63) is 33.0 Å². The summed E-state index contributed by atoms with van der Waals surface area (Å²) in [5, 5.41) is 11.7. The van der Waals surface area contributed by atoms with Gasteiger partial charge in [-0.1, -0.05) is 0 Å². The van der Waals surface area contributed by atoms with Crippen LogP contribution < -0.4 is 4.90 Å². The number of nitrogens with zero attached hydrogens (tertiary/aromatic N) is 2. The monoisotopic (exact) mass is 400 g/mol. The molecule has 0 amide bonds. The maximum Gasteiger partial charge on any atom is 0.305 e. The topological polar surface area (TPSA) is 53.4 Å². The zero-order chi connectivity index (χ0) is 18.7. The second kappa shape index (κ2) is 8.00. The maximum atomic E-state index is 13.4. The zero-order valence-electron chi connectivity index (χ0n) is 14.6. The highest BCUT2D eigenvalue weighted by molar-refractivity contribution is 7.14. The molecular formula is C18H22F2N2O2S2. The number of hydrogen-bond acceptors (Lipinski definition) is 5. The quantitative estimate of drug-likeness (QED) is 0.686. The largest absolute Gasteiger partial charge is 0.481 e. The third-order valence-electron chi connectivity index (χ3n) is 4.65. The molecule has 1 N–H and O–H groups in total. The van der Waals surface area contributed by atoms with Crippen molar-refractivity contribution in [1.82, 2.24) is 4.98 Å². The lowest BCUT2D eigenvalue weighted by Crippen LogP contribution is -2.26. The summed E-state index contributed by atoms with van der Waals surface area (Å²) in [4.78, 5) is 20.0. The predicted octanol–water partition coefficient (Wildman–Crippen LogP) is 5.29. The fourth-order valence-corrected chi connectivity index (χ4v) is 5.02. The summed E-state index contributed by atoms with van der Waals surface area (Å²) in [6, 6.07) is 4.09. The molecule has 1 aliphatic rings. The Labute approximate surface area is 159 Å². The Morgan fingerprint density at radius 1 is 1.38 bits per heavy atom. The van der Waals surface area contributed by atoms with Gasteiger partial charge in [0.1, 0.15) is 0 Å². The van der Waals surface area contributed by atoms with Crippen LogP contribution in [0.4, 0.5) is 13.9 Å². The molecule has 2 heterocycles. The van der Waals surface area contributed by atoms with Crippen LogP contribution in [0.2, 0.25) is 0 Å². The number of aryl methyl sites for hydroxylation is 1. The highest BCUT2D eigenvalue weighted by Gasteiger charge is 2.36. The Morgan fingerprint density at radius 2 is 2.12 bits per heavy atom. The summed E-state index contributed by atoms with van der Waals surface area (Å²) < 4.78 is 26.7. The molecule has 0 aromatic carbocycles. The number of carboxylic acid groups (broad SMARTS) is 1. The molecule has 142 valence electrons. The number of alkyl halides is 2. The lowest BCUT2D eigenvalue weighted by molar-refractivity contribution is -0.136. The van der Waals surface area contributed by atoms with E-state index in [4.69, 9.17) is 5.11 Å². The summed E-state index contributed by atoms with van der Waals surface area (Å²) in [7, 11) is 0. The van der Waals surface area contributed by atoms with Gasteiger partial charge in [-0.25, -0.2) is 13.8 Å². The van der Waals surface area contributed by atoms with Crippen LogP contribution in [0.5, 0.6) is 0 Å². The minimum absolute atomic E-state index is 0.0366. The Bertz CT molecular complexity index is 750. The number of carbonyl (C=O) groups is 1. The molecule has 26 heavy (non-hydrogen) atoms. The zero-order valence-corrected chi connectivity index (χ0v) is 16.2. The minimum atomic E-state index is -2.54. The number of hydrogen-bond donors (Lipinski definition) is 1. The molecule has 8 heteroatoms. The molecule has 1 saturated carbocycles. The van der Waals surface area contributed by atoms with Crippen LogP contribution in [-0.2, 0) is 11.3 Å². The smallest absolute Gasteiger partial charge is 0.305 e. The molecule has 0 unspecified atom stereocenters. The number of halogens is 2. The Hall–Kier alpha value is -1.54. The van der Waals surface area contributed by atoms with E-state index in [2.05, 4.69) is 4.98 Å². The molecular weight excluding hydrogens is 378 g/mol. The molecule has 0 radical (unpaired) electrons. The van der Waals surface area contributed by atoms with Crippen LogP contribution in [0.3, 0.4) is 0 Å². The predicted molar refractivity (Wildman–Crippen MR) is 101 cm³/mol. The van der Waals surface area contributed by atoms with E-state index in [-0.39, 0.29) is 25.2 Å². The molecule has 3 rings (SSSR count). The average Bonchev–Trinajstić information content (AvgIpc) is 3.20. The van der Waals surface area contributed by atoms with Crippen LogP contribution >= 0.6 is 22.7 Å². The molecule has 2 aromatic rings. The minimum Gasteiger partial charge on any atom is -0.481 e. The fraction of sp³-hybridized carbons (Fsp3) is 0.556. The first kappa shape index (κ1) is 19.2. The van der Waals surface area contributed by atoms with Gasteiger partial charge in [-0.2, -0.15) is 0 Å². The van der Waals surface area contributed by atoms with Crippen molar-refractivity contribution in [3.63, 3.8) is 0 Å². The summed E-state index contributed by atoms with van der Waals surface area (Å²) in [6.45, 7) is 3.03. The first-order chi connectivity index (χ1) is 12.3. The van der Waals surface area contributed by atoms with E-state index in [0.29, 0.717) is 25.9 Å². The Balaban J connectivity index is 1.72. The Morgan fingerprint density at radius 3 is 2.73 bits per heavy atom. The first-order valence-corrected chi connectivity index (χ1v) is 10.4. The molecule has 0 atom stereocenters. The second-order valence-corrected chi connectivity index (χ2v) is 8.97. The normalized spacial score (nSPS) is 17.3. The van der Waals surface area contributed by atoms with Gasteiger partial charge in [0.25, 0.3) is 0 Å². The van der Waals surface area contributed by atoms with Crippen LogP contribution in [0.25, 0.3) is 0 Å². The van der Waals surface area contributed by atoms with E-state index in [9.17, 15) is 13.6 Å².